The molecule has 5 rings (SSSR count). The maximum absolute atomic E-state index is 12.8. The maximum atomic E-state index is 12.8. The summed E-state index contributed by atoms with van der Waals surface area (Å²) in [6.07, 6.45) is 0. The van der Waals surface area contributed by atoms with Gasteiger partial charge in [0, 0.05) is 11.1 Å². The highest BCUT2D eigenvalue weighted by Gasteiger charge is 2.34. The van der Waals surface area contributed by atoms with Crippen molar-refractivity contribution in [3.63, 3.8) is 0 Å². The Bertz CT molecular complexity index is 1360. The molecular formula is C21H19N7O4. The Morgan fingerprint density at radius 3 is 2.62 bits per heavy atom. The van der Waals surface area contributed by atoms with E-state index in [9.17, 15) is 4.79 Å². The zero-order chi connectivity index (χ0) is 22.2. The maximum Gasteiger partial charge on any atom is 0.288 e. The number of benzene rings is 2. The van der Waals surface area contributed by atoms with Gasteiger partial charge in [0.1, 0.15) is 17.5 Å². The van der Waals surface area contributed by atoms with Crippen molar-refractivity contribution in [2.45, 2.75) is 6.04 Å². The first kappa shape index (κ1) is 19.5. The second-order valence-electron chi connectivity index (χ2n) is 7.01. The Kier molecular flexibility index (Phi) is 4.70. The molecule has 1 aliphatic rings. The van der Waals surface area contributed by atoms with Crippen LogP contribution in [-0.2, 0) is 0 Å². The summed E-state index contributed by atoms with van der Waals surface area (Å²) in [6.45, 7) is 0. The quantitative estimate of drug-likeness (QED) is 0.428. The summed E-state index contributed by atoms with van der Waals surface area (Å²) in [6, 6.07) is 12.4. The van der Waals surface area contributed by atoms with Gasteiger partial charge < -0.3 is 19.5 Å². The van der Waals surface area contributed by atoms with Crippen LogP contribution in [0.4, 0.5) is 11.6 Å². The number of anilines is 2. The second-order valence-corrected chi connectivity index (χ2v) is 7.01. The third-order valence-electron chi connectivity index (χ3n) is 5.33. The summed E-state index contributed by atoms with van der Waals surface area (Å²) >= 11 is 0. The van der Waals surface area contributed by atoms with Gasteiger partial charge in [-0.15, -0.1) is 0 Å². The number of nitrogens with one attached hydrogen (secondary N) is 2. The van der Waals surface area contributed by atoms with Crippen LogP contribution in [0.5, 0.6) is 17.2 Å². The number of rotatable bonds is 5. The number of H-pyrrole nitrogens is 1. The number of hydrogen-bond donors (Lipinski definition) is 2. The summed E-state index contributed by atoms with van der Waals surface area (Å²) in [5, 5.41) is 21.9. The lowest BCUT2D eigenvalue weighted by atomic mass is 9.92. The number of nitrogens with zero attached hydrogens (tertiary/aromatic N) is 5. The number of aromatic nitrogens is 6. The summed E-state index contributed by atoms with van der Waals surface area (Å²) in [5.74, 6) is 2.14. The first-order valence-electron chi connectivity index (χ1n) is 9.68. The SMILES string of the molecule is COc1cccc(C2c3c(-c4ccc(OC)c(OC)c4)n[nH]c(=O)c3Nc3nnnn32)c1. The van der Waals surface area contributed by atoms with E-state index in [0.29, 0.717) is 40.1 Å². The van der Waals surface area contributed by atoms with E-state index in [-0.39, 0.29) is 5.56 Å². The molecule has 3 heterocycles. The van der Waals surface area contributed by atoms with E-state index >= 15 is 0 Å². The number of methoxy groups -OCH3 is 3. The van der Waals surface area contributed by atoms with Crippen molar-refractivity contribution in [3.05, 3.63) is 63.9 Å². The van der Waals surface area contributed by atoms with Gasteiger partial charge in [-0.1, -0.05) is 17.2 Å². The third-order valence-corrected chi connectivity index (χ3v) is 5.33. The molecule has 1 aliphatic heterocycles. The number of tetrazole rings is 1. The molecule has 11 heteroatoms. The molecule has 2 aromatic carbocycles. The molecule has 0 radical (unpaired) electrons. The molecular weight excluding hydrogens is 414 g/mol. The summed E-state index contributed by atoms with van der Waals surface area (Å²) < 4.78 is 17.8. The lowest BCUT2D eigenvalue weighted by Crippen LogP contribution is -2.29. The van der Waals surface area contributed by atoms with Crippen molar-refractivity contribution in [2.75, 3.05) is 26.6 Å². The predicted octanol–water partition coefficient (Wildman–Crippen LogP) is 2.14. The highest BCUT2D eigenvalue weighted by atomic mass is 16.5. The van der Waals surface area contributed by atoms with Crippen LogP contribution in [0, 0.1) is 0 Å². The number of hydrogen-bond acceptors (Lipinski definition) is 9. The molecule has 0 amide bonds. The van der Waals surface area contributed by atoms with Gasteiger partial charge in [-0.3, -0.25) is 4.79 Å². The molecule has 162 valence electrons. The molecule has 0 spiro atoms. The van der Waals surface area contributed by atoms with Gasteiger partial charge in [0.05, 0.1) is 27.0 Å². The van der Waals surface area contributed by atoms with Gasteiger partial charge in [0.2, 0.25) is 5.95 Å². The third kappa shape index (κ3) is 3.02. The molecule has 1 atom stereocenters. The number of aromatic amines is 1. The molecule has 2 aromatic heterocycles. The summed E-state index contributed by atoms with van der Waals surface area (Å²) in [4.78, 5) is 12.8. The number of ether oxygens (including phenoxy) is 3. The molecule has 32 heavy (non-hydrogen) atoms. The van der Waals surface area contributed by atoms with Gasteiger partial charge in [0.15, 0.2) is 11.5 Å². The van der Waals surface area contributed by atoms with Crippen molar-refractivity contribution in [1.29, 1.82) is 0 Å². The van der Waals surface area contributed by atoms with Crippen molar-refractivity contribution in [1.82, 2.24) is 30.4 Å². The van der Waals surface area contributed by atoms with Crippen LogP contribution in [0.2, 0.25) is 0 Å². The molecule has 1 unspecified atom stereocenters. The van der Waals surface area contributed by atoms with Crippen molar-refractivity contribution in [3.8, 4) is 28.5 Å². The van der Waals surface area contributed by atoms with Gasteiger partial charge in [-0.25, -0.2) is 5.10 Å². The van der Waals surface area contributed by atoms with Crippen molar-refractivity contribution >= 4 is 11.6 Å². The van der Waals surface area contributed by atoms with Gasteiger partial charge in [-0.2, -0.15) is 9.78 Å². The minimum absolute atomic E-state index is 0.319. The Morgan fingerprint density at radius 2 is 1.84 bits per heavy atom. The first-order valence-corrected chi connectivity index (χ1v) is 9.68. The zero-order valence-corrected chi connectivity index (χ0v) is 17.5. The highest BCUT2D eigenvalue weighted by molar-refractivity contribution is 5.76. The topological polar surface area (TPSA) is 129 Å². The van der Waals surface area contributed by atoms with E-state index < -0.39 is 6.04 Å². The zero-order valence-electron chi connectivity index (χ0n) is 17.5. The Hall–Kier alpha value is -4.41. The average Bonchev–Trinajstić information content (AvgIpc) is 3.31. The molecule has 0 saturated heterocycles. The minimum atomic E-state index is -0.524. The Labute approximate surface area is 181 Å². The fourth-order valence-corrected chi connectivity index (χ4v) is 3.86. The highest BCUT2D eigenvalue weighted by Crippen LogP contribution is 2.42. The minimum Gasteiger partial charge on any atom is -0.497 e. The fourth-order valence-electron chi connectivity index (χ4n) is 3.86. The van der Waals surface area contributed by atoms with Crippen molar-refractivity contribution < 1.29 is 14.2 Å². The first-order chi connectivity index (χ1) is 15.6. The molecule has 0 saturated carbocycles. The van der Waals surface area contributed by atoms with E-state index in [0.717, 1.165) is 11.1 Å². The van der Waals surface area contributed by atoms with Crippen LogP contribution >= 0.6 is 0 Å². The van der Waals surface area contributed by atoms with Crippen LogP contribution in [0.25, 0.3) is 11.3 Å². The van der Waals surface area contributed by atoms with Gasteiger partial charge in [-0.05, 0) is 46.3 Å². The van der Waals surface area contributed by atoms with Crippen LogP contribution in [0.3, 0.4) is 0 Å². The van der Waals surface area contributed by atoms with E-state index in [1.54, 1.807) is 38.1 Å². The van der Waals surface area contributed by atoms with E-state index in [4.69, 9.17) is 14.2 Å². The monoisotopic (exact) mass is 433 g/mol. The van der Waals surface area contributed by atoms with Crippen LogP contribution < -0.4 is 25.1 Å². The van der Waals surface area contributed by atoms with E-state index in [2.05, 4.69) is 31.0 Å². The summed E-state index contributed by atoms with van der Waals surface area (Å²) in [5.41, 5.74) is 2.65. The van der Waals surface area contributed by atoms with E-state index in [1.807, 2.05) is 30.3 Å². The summed E-state index contributed by atoms with van der Waals surface area (Å²) in [7, 11) is 4.73. The van der Waals surface area contributed by atoms with Gasteiger partial charge in [0.25, 0.3) is 5.56 Å². The molecule has 0 fully saturated rings. The van der Waals surface area contributed by atoms with Crippen LogP contribution in [0.1, 0.15) is 17.2 Å². The molecule has 0 aliphatic carbocycles. The molecule has 0 bridgehead atoms. The Balaban J connectivity index is 1.78. The average molecular weight is 433 g/mol. The molecule has 11 nitrogen and oxygen atoms in total. The standard InChI is InChI=1S/C21H19N7O4/c1-30-13-6-4-5-12(9-13)19-16-17(11-7-8-14(31-2)15(10-11)32-3)23-24-20(29)18(16)22-21-25-26-27-28(19)21/h4-10,19H,1-3H3,(H,24,29)(H,22,25,27). The van der Waals surface area contributed by atoms with Gasteiger partial charge >= 0.3 is 0 Å². The lowest BCUT2D eigenvalue weighted by molar-refractivity contribution is 0.355. The smallest absolute Gasteiger partial charge is 0.288 e. The molecule has 2 N–H and O–H groups in total. The van der Waals surface area contributed by atoms with Crippen LogP contribution in [0.15, 0.2) is 47.3 Å². The largest absolute Gasteiger partial charge is 0.497 e. The fraction of sp³-hybridized carbons (Fsp3) is 0.190. The normalized spacial score (nSPS) is 14.2. The predicted molar refractivity (Wildman–Crippen MR) is 115 cm³/mol. The number of fused-ring (bicyclic) bond motifs is 2. The van der Waals surface area contributed by atoms with Crippen LogP contribution in [-0.4, -0.2) is 51.7 Å². The lowest BCUT2D eigenvalue weighted by Gasteiger charge is -2.28. The molecule has 4 aromatic rings. The van der Waals surface area contributed by atoms with E-state index in [1.165, 1.54) is 0 Å². The second kappa shape index (κ2) is 7.69. The van der Waals surface area contributed by atoms with Crippen molar-refractivity contribution in [2.24, 2.45) is 0 Å². The Morgan fingerprint density at radius 1 is 1.00 bits per heavy atom.